The normalized spacial score (nSPS) is 15.7. The molecule has 0 saturated carbocycles. The Bertz CT molecular complexity index is 470. The molecule has 21 heavy (non-hydrogen) atoms. The highest BCUT2D eigenvalue weighted by atomic mass is 32.2. The molecule has 0 atom stereocenters. The van der Waals surface area contributed by atoms with Gasteiger partial charge in [-0.25, -0.2) is 4.98 Å². The first-order valence-corrected chi connectivity index (χ1v) is 8.24. The maximum absolute atomic E-state index is 12.1. The molecule has 2 rings (SSSR count). The van der Waals surface area contributed by atoms with Crippen LogP contribution in [0.1, 0.15) is 19.5 Å². The van der Waals surface area contributed by atoms with Crippen molar-refractivity contribution in [1.82, 2.24) is 14.5 Å². The lowest BCUT2D eigenvalue weighted by molar-refractivity contribution is -0.132. The predicted molar refractivity (Wildman–Crippen MR) is 81.1 cm³/mol. The summed E-state index contributed by atoms with van der Waals surface area (Å²) < 4.78 is 7.25. The smallest absolute Gasteiger partial charge is 0.233 e. The van der Waals surface area contributed by atoms with Gasteiger partial charge in [-0.05, 0) is 5.92 Å². The molecule has 7 heteroatoms. The van der Waals surface area contributed by atoms with Crippen LogP contribution in [0.2, 0.25) is 0 Å². The Morgan fingerprint density at radius 1 is 1.48 bits per heavy atom. The number of rotatable bonds is 6. The van der Waals surface area contributed by atoms with E-state index in [1.54, 1.807) is 6.20 Å². The average Bonchev–Trinajstić information content (AvgIpc) is 2.87. The molecule has 0 spiro atoms. The van der Waals surface area contributed by atoms with Crippen molar-refractivity contribution >= 4 is 17.7 Å². The fraction of sp³-hybridized carbons (Fsp3) is 0.714. The topological polar surface area (TPSA) is 67.6 Å². The molecule has 0 aliphatic carbocycles. The number of carbonyl (C=O) groups excluding carboxylic acids is 1. The standard InChI is InChI=1S/C14H23N3O3S/c1-11(2)8-17-12(9-18)7-15-14(17)21-10-13(19)16-3-5-20-6-4-16/h7,11,18H,3-6,8-10H2,1-2H3. The fourth-order valence-corrected chi connectivity index (χ4v) is 3.13. The highest BCUT2D eigenvalue weighted by Gasteiger charge is 2.18. The van der Waals surface area contributed by atoms with Gasteiger partial charge in [0.15, 0.2) is 5.16 Å². The van der Waals surface area contributed by atoms with E-state index in [1.807, 2.05) is 9.47 Å². The zero-order valence-electron chi connectivity index (χ0n) is 12.6. The van der Waals surface area contributed by atoms with E-state index >= 15 is 0 Å². The monoisotopic (exact) mass is 313 g/mol. The first-order valence-electron chi connectivity index (χ1n) is 7.25. The Balaban J connectivity index is 1.95. The van der Waals surface area contributed by atoms with Gasteiger partial charge < -0.3 is 19.3 Å². The molecule has 1 saturated heterocycles. The van der Waals surface area contributed by atoms with Gasteiger partial charge in [0.1, 0.15) is 0 Å². The number of aromatic nitrogens is 2. The van der Waals surface area contributed by atoms with Crippen LogP contribution < -0.4 is 0 Å². The summed E-state index contributed by atoms with van der Waals surface area (Å²) in [6.07, 6.45) is 1.68. The van der Waals surface area contributed by atoms with Crippen LogP contribution in [-0.4, -0.2) is 57.5 Å². The van der Waals surface area contributed by atoms with E-state index in [0.29, 0.717) is 38.0 Å². The maximum atomic E-state index is 12.1. The molecular weight excluding hydrogens is 290 g/mol. The lowest BCUT2D eigenvalue weighted by Gasteiger charge is -2.26. The minimum Gasteiger partial charge on any atom is -0.390 e. The summed E-state index contributed by atoms with van der Waals surface area (Å²) in [6.45, 7) is 7.58. The number of nitrogens with zero attached hydrogens (tertiary/aromatic N) is 3. The number of carbonyl (C=O) groups is 1. The van der Waals surface area contributed by atoms with Gasteiger partial charge in [0.05, 0.1) is 37.5 Å². The molecule has 1 aromatic heterocycles. The van der Waals surface area contributed by atoms with Crippen LogP contribution in [0.4, 0.5) is 0 Å². The Kier molecular flexibility index (Phi) is 6.08. The second-order valence-electron chi connectivity index (χ2n) is 5.48. The molecule has 1 fully saturated rings. The Morgan fingerprint density at radius 2 is 2.19 bits per heavy atom. The van der Waals surface area contributed by atoms with Gasteiger partial charge in [-0.3, -0.25) is 4.79 Å². The second-order valence-corrected chi connectivity index (χ2v) is 6.42. The number of amides is 1. The predicted octanol–water partition coefficient (Wildman–Crippen LogP) is 0.982. The zero-order valence-corrected chi connectivity index (χ0v) is 13.4. The van der Waals surface area contributed by atoms with Gasteiger partial charge in [0, 0.05) is 19.6 Å². The van der Waals surface area contributed by atoms with E-state index in [0.717, 1.165) is 17.4 Å². The van der Waals surface area contributed by atoms with Crippen molar-refractivity contribution < 1.29 is 14.6 Å². The SMILES string of the molecule is CC(C)Cn1c(CO)cnc1SCC(=O)N1CCOCC1. The summed E-state index contributed by atoms with van der Waals surface area (Å²) in [5.74, 6) is 0.951. The quantitative estimate of drug-likeness (QED) is 0.793. The number of aliphatic hydroxyl groups excluding tert-OH is 1. The van der Waals surface area contributed by atoms with Gasteiger partial charge in [-0.1, -0.05) is 25.6 Å². The zero-order chi connectivity index (χ0) is 15.2. The largest absolute Gasteiger partial charge is 0.390 e. The molecule has 1 aliphatic rings. The minimum atomic E-state index is -0.0301. The first kappa shape index (κ1) is 16.3. The third-order valence-corrected chi connectivity index (χ3v) is 4.28. The molecule has 0 bridgehead atoms. The Labute approximate surface area is 129 Å². The molecule has 1 aliphatic heterocycles. The molecule has 1 aromatic rings. The Morgan fingerprint density at radius 3 is 2.81 bits per heavy atom. The number of ether oxygens (including phenoxy) is 1. The van der Waals surface area contributed by atoms with E-state index in [9.17, 15) is 9.90 Å². The van der Waals surface area contributed by atoms with Crippen LogP contribution in [0.15, 0.2) is 11.4 Å². The minimum absolute atomic E-state index is 0.0301. The van der Waals surface area contributed by atoms with Crippen LogP contribution >= 0.6 is 11.8 Å². The summed E-state index contributed by atoms with van der Waals surface area (Å²) in [5.41, 5.74) is 0.796. The van der Waals surface area contributed by atoms with E-state index in [-0.39, 0.29) is 12.5 Å². The molecule has 2 heterocycles. The summed E-state index contributed by atoms with van der Waals surface area (Å²) in [5, 5.41) is 10.2. The van der Waals surface area contributed by atoms with Gasteiger partial charge in [0.2, 0.25) is 5.91 Å². The number of hydrogen-bond donors (Lipinski definition) is 1. The van der Waals surface area contributed by atoms with Crippen molar-refractivity contribution in [3.05, 3.63) is 11.9 Å². The van der Waals surface area contributed by atoms with Gasteiger partial charge >= 0.3 is 0 Å². The van der Waals surface area contributed by atoms with Crippen LogP contribution in [0, 0.1) is 5.92 Å². The van der Waals surface area contributed by atoms with Crippen molar-refractivity contribution in [2.45, 2.75) is 32.2 Å². The van der Waals surface area contributed by atoms with Gasteiger partial charge in [-0.2, -0.15) is 0 Å². The van der Waals surface area contributed by atoms with Crippen molar-refractivity contribution in [3.8, 4) is 0 Å². The fourth-order valence-electron chi connectivity index (χ4n) is 2.22. The van der Waals surface area contributed by atoms with Crippen LogP contribution in [-0.2, 0) is 22.7 Å². The molecule has 1 N–H and O–H groups in total. The van der Waals surface area contributed by atoms with Gasteiger partial charge in [0.25, 0.3) is 0 Å². The third kappa shape index (κ3) is 4.46. The first-order chi connectivity index (χ1) is 10.1. The third-order valence-electron chi connectivity index (χ3n) is 3.30. The molecule has 0 unspecified atom stereocenters. The molecule has 0 aromatic carbocycles. The van der Waals surface area contributed by atoms with Crippen molar-refractivity contribution in [3.63, 3.8) is 0 Å². The van der Waals surface area contributed by atoms with Crippen LogP contribution in [0.25, 0.3) is 0 Å². The van der Waals surface area contributed by atoms with Crippen molar-refractivity contribution in [2.75, 3.05) is 32.1 Å². The van der Waals surface area contributed by atoms with Crippen molar-refractivity contribution in [1.29, 1.82) is 0 Å². The van der Waals surface area contributed by atoms with Crippen LogP contribution in [0.5, 0.6) is 0 Å². The maximum Gasteiger partial charge on any atom is 0.233 e. The molecule has 118 valence electrons. The second kappa shape index (κ2) is 7.82. The number of aliphatic hydroxyl groups is 1. The number of thioether (sulfide) groups is 1. The highest BCUT2D eigenvalue weighted by Crippen LogP contribution is 2.21. The van der Waals surface area contributed by atoms with Crippen molar-refractivity contribution in [2.24, 2.45) is 5.92 Å². The molecule has 1 amide bonds. The number of morpholine rings is 1. The van der Waals surface area contributed by atoms with E-state index in [4.69, 9.17) is 4.74 Å². The number of hydrogen-bond acceptors (Lipinski definition) is 5. The summed E-state index contributed by atoms with van der Waals surface area (Å²) in [4.78, 5) is 18.3. The lowest BCUT2D eigenvalue weighted by atomic mass is 10.2. The van der Waals surface area contributed by atoms with Gasteiger partial charge in [-0.15, -0.1) is 0 Å². The average molecular weight is 313 g/mol. The summed E-state index contributed by atoms with van der Waals surface area (Å²) >= 11 is 1.44. The Hall–Kier alpha value is -1.05. The molecule has 0 radical (unpaired) electrons. The molecular formula is C14H23N3O3S. The molecule has 6 nitrogen and oxygen atoms in total. The van der Waals surface area contributed by atoms with E-state index in [1.165, 1.54) is 11.8 Å². The highest BCUT2D eigenvalue weighted by molar-refractivity contribution is 7.99. The lowest BCUT2D eigenvalue weighted by Crippen LogP contribution is -2.41. The van der Waals surface area contributed by atoms with E-state index < -0.39 is 0 Å². The van der Waals surface area contributed by atoms with Crippen LogP contribution in [0.3, 0.4) is 0 Å². The summed E-state index contributed by atoms with van der Waals surface area (Å²) in [7, 11) is 0. The number of imidazole rings is 1. The van der Waals surface area contributed by atoms with E-state index in [2.05, 4.69) is 18.8 Å². The summed E-state index contributed by atoms with van der Waals surface area (Å²) in [6, 6.07) is 0.